The van der Waals surface area contributed by atoms with E-state index in [1.54, 1.807) is 18.4 Å². The van der Waals surface area contributed by atoms with Gasteiger partial charge in [-0.25, -0.2) is 4.98 Å². The minimum Gasteiger partial charge on any atom is -0.497 e. The zero-order valence-electron chi connectivity index (χ0n) is 13.8. The quantitative estimate of drug-likeness (QED) is 0.755. The van der Waals surface area contributed by atoms with E-state index in [-0.39, 0.29) is 5.54 Å². The van der Waals surface area contributed by atoms with Crippen LogP contribution in [0.5, 0.6) is 5.75 Å². The van der Waals surface area contributed by atoms with Crippen LogP contribution < -0.4 is 21.1 Å². The second-order valence-corrected chi connectivity index (χ2v) is 8.38. The predicted octanol–water partition coefficient (Wildman–Crippen LogP) is 1.03. The standard InChI is InChI=1S/C17H23N5OS/c1-23-12-2-3-13-14(8-12)24-15(20-13)17(18)19-9-16(21-17)10-22-6-4-11(16)5-7-22/h2-3,8,11,19,21H,4-7,9-10,18H2,1H3. The van der Waals surface area contributed by atoms with E-state index in [0.29, 0.717) is 5.92 Å². The highest BCUT2D eigenvalue weighted by Crippen LogP contribution is 2.41. The van der Waals surface area contributed by atoms with Gasteiger partial charge in [-0.1, -0.05) is 0 Å². The molecule has 7 heteroatoms. The van der Waals surface area contributed by atoms with Gasteiger partial charge in [0.1, 0.15) is 10.8 Å². The van der Waals surface area contributed by atoms with E-state index >= 15 is 0 Å². The fourth-order valence-electron chi connectivity index (χ4n) is 4.62. The smallest absolute Gasteiger partial charge is 0.175 e. The number of hydrogen-bond donors (Lipinski definition) is 3. The average Bonchev–Trinajstić information content (AvgIpc) is 3.18. The summed E-state index contributed by atoms with van der Waals surface area (Å²) in [6.45, 7) is 4.45. The fourth-order valence-corrected chi connectivity index (χ4v) is 5.65. The largest absolute Gasteiger partial charge is 0.497 e. The van der Waals surface area contributed by atoms with E-state index < -0.39 is 5.79 Å². The summed E-state index contributed by atoms with van der Waals surface area (Å²) in [5.41, 5.74) is 7.78. The Morgan fingerprint density at radius 2 is 2.21 bits per heavy atom. The molecular weight excluding hydrogens is 322 g/mol. The molecule has 4 saturated heterocycles. The van der Waals surface area contributed by atoms with Crippen LogP contribution in [0.25, 0.3) is 10.2 Å². The van der Waals surface area contributed by atoms with Gasteiger partial charge in [-0.2, -0.15) is 0 Å². The molecule has 0 aliphatic carbocycles. The Balaban J connectivity index is 1.48. The molecule has 1 aromatic carbocycles. The van der Waals surface area contributed by atoms with Crippen LogP contribution >= 0.6 is 11.3 Å². The second-order valence-electron chi connectivity index (χ2n) is 7.35. The zero-order valence-corrected chi connectivity index (χ0v) is 14.7. The van der Waals surface area contributed by atoms with E-state index in [2.05, 4.69) is 15.5 Å². The Labute approximate surface area is 145 Å². The maximum atomic E-state index is 6.73. The van der Waals surface area contributed by atoms with Gasteiger partial charge in [-0.05, 0) is 50.0 Å². The Morgan fingerprint density at radius 1 is 1.38 bits per heavy atom. The van der Waals surface area contributed by atoms with E-state index in [0.717, 1.165) is 34.1 Å². The zero-order chi connectivity index (χ0) is 16.4. The lowest BCUT2D eigenvalue weighted by Crippen LogP contribution is -2.68. The lowest BCUT2D eigenvalue weighted by atomic mass is 9.73. The minimum absolute atomic E-state index is 0.0841. The minimum atomic E-state index is -0.741. The number of nitrogens with zero attached hydrogens (tertiary/aromatic N) is 2. The van der Waals surface area contributed by atoms with Gasteiger partial charge in [0.15, 0.2) is 5.79 Å². The molecule has 6 nitrogen and oxygen atoms in total. The van der Waals surface area contributed by atoms with Gasteiger partial charge in [0, 0.05) is 18.6 Å². The molecule has 1 spiro atoms. The summed E-state index contributed by atoms with van der Waals surface area (Å²) in [6, 6.07) is 5.97. The number of aromatic nitrogens is 1. The van der Waals surface area contributed by atoms with Crippen LogP contribution in [0, 0.1) is 5.92 Å². The highest BCUT2D eigenvalue weighted by Gasteiger charge is 2.55. The van der Waals surface area contributed by atoms with Gasteiger partial charge in [0.25, 0.3) is 0 Å². The lowest BCUT2D eigenvalue weighted by molar-refractivity contribution is 0.0160. The molecule has 6 rings (SSSR count). The Morgan fingerprint density at radius 3 is 2.92 bits per heavy atom. The first-order valence-electron chi connectivity index (χ1n) is 8.61. The molecule has 2 bridgehead atoms. The van der Waals surface area contributed by atoms with Crippen molar-refractivity contribution in [1.29, 1.82) is 0 Å². The van der Waals surface area contributed by atoms with Gasteiger partial charge in [0.05, 0.1) is 17.3 Å². The first-order valence-corrected chi connectivity index (χ1v) is 9.43. The summed E-state index contributed by atoms with van der Waals surface area (Å²) in [7, 11) is 1.69. The molecule has 2 aromatic rings. The van der Waals surface area contributed by atoms with Crippen molar-refractivity contribution in [2.45, 2.75) is 24.2 Å². The fraction of sp³-hybridized carbons (Fsp3) is 0.588. The van der Waals surface area contributed by atoms with Crippen LogP contribution in [-0.2, 0) is 5.79 Å². The summed E-state index contributed by atoms with van der Waals surface area (Å²) in [4.78, 5) is 7.34. The topological polar surface area (TPSA) is 75.4 Å². The number of nitrogens with two attached hydrogens (primary N) is 1. The molecule has 2 atom stereocenters. The Hall–Kier alpha value is -1.25. The Kier molecular flexibility index (Phi) is 3.21. The highest BCUT2D eigenvalue weighted by atomic mass is 32.1. The molecule has 128 valence electrons. The first-order chi connectivity index (χ1) is 11.6. The van der Waals surface area contributed by atoms with Crippen molar-refractivity contribution in [3.8, 4) is 5.75 Å². The maximum Gasteiger partial charge on any atom is 0.175 e. The molecule has 1 aromatic heterocycles. The van der Waals surface area contributed by atoms with Crippen LogP contribution in [0.4, 0.5) is 0 Å². The van der Waals surface area contributed by atoms with Crippen molar-refractivity contribution in [3.63, 3.8) is 0 Å². The van der Waals surface area contributed by atoms with E-state index in [4.69, 9.17) is 15.5 Å². The predicted molar refractivity (Wildman–Crippen MR) is 95.1 cm³/mol. The third-order valence-corrected chi connectivity index (χ3v) is 7.09. The number of thiazole rings is 1. The summed E-state index contributed by atoms with van der Waals surface area (Å²) in [6.07, 6.45) is 2.53. The molecule has 0 saturated carbocycles. The van der Waals surface area contributed by atoms with Crippen molar-refractivity contribution < 1.29 is 4.74 Å². The molecule has 4 aliphatic rings. The molecule has 4 aliphatic heterocycles. The molecule has 4 N–H and O–H groups in total. The van der Waals surface area contributed by atoms with Gasteiger partial charge >= 0.3 is 0 Å². The van der Waals surface area contributed by atoms with Crippen LogP contribution in [0.2, 0.25) is 0 Å². The van der Waals surface area contributed by atoms with Crippen LogP contribution in [-0.4, -0.2) is 48.7 Å². The molecule has 0 radical (unpaired) electrons. The number of hydrogen-bond acceptors (Lipinski definition) is 7. The number of ether oxygens (including phenoxy) is 1. The number of rotatable bonds is 2. The third-order valence-electron chi connectivity index (χ3n) is 5.94. The number of methoxy groups -OCH3 is 1. The lowest BCUT2D eigenvalue weighted by Gasteiger charge is -2.52. The van der Waals surface area contributed by atoms with Crippen molar-refractivity contribution in [2.24, 2.45) is 11.7 Å². The van der Waals surface area contributed by atoms with E-state index in [1.807, 2.05) is 18.2 Å². The van der Waals surface area contributed by atoms with Crippen molar-refractivity contribution in [2.75, 3.05) is 33.3 Å². The van der Waals surface area contributed by atoms with Crippen molar-refractivity contribution >= 4 is 21.6 Å². The second kappa shape index (κ2) is 5.12. The highest BCUT2D eigenvalue weighted by molar-refractivity contribution is 7.18. The number of nitrogens with one attached hydrogen (secondary N) is 2. The van der Waals surface area contributed by atoms with Gasteiger partial charge in [-0.15, -0.1) is 11.3 Å². The van der Waals surface area contributed by atoms with Crippen molar-refractivity contribution in [3.05, 3.63) is 23.2 Å². The normalized spacial score (nSPS) is 38.2. The van der Waals surface area contributed by atoms with Gasteiger partial charge in [0.2, 0.25) is 0 Å². The molecule has 4 fully saturated rings. The third kappa shape index (κ3) is 2.12. The van der Waals surface area contributed by atoms with Gasteiger partial charge < -0.3 is 9.64 Å². The summed E-state index contributed by atoms with van der Waals surface area (Å²) in [5.74, 6) is 0.815. The maximum absolute atomic E-state index is 6.73. The molecule has 5 heterocycles. The molecule has 0 amide bonds. The number of piperidine rings is 3. The molecule has 2 unspecified atom stereocenters. The summed E-state index contributed by atoms with van der Waals surface area (Å²) < 4.78 is 6.42. The van der Waals surface area contributed by atoms with Crippen LogP contribution in [0.15, 0.2) is 18.2 Å². The van der Waals surface area contributed by atoms with Crippen molar-refractivity contribution in [1.82, 2.24) is 20.5 Å². The van der Waals surface area contributed by atoms with Gasteiger partial charge in [-0.3, -0.25) is 16.4 Å². The molecule has 24 heavy (non-hydrogen) atoms. The number of fused-ring (bicyclic) bond motifs is 3. The van der Waals surface area contributed by atoms with Crippen LogP contribution in [0.3, 0.4) is 0 Å². The number of benzene rings is 1. The summed E-state index contributed by atoms with van der Waals surface area (Å²) >= 11 is 1.64. The monoisotopic (exact) mass is 345 g/mol. The average molecular weight is 345 g/mol. The summed E-state index contributed by atoms with van der Waals surface area (Å²) in [5, 5.41) is 8.20. The van der Waals surface area contributed by atoms with E-state index in [9.17, 15) is 0 Å². The SMILES string of the molecule is COc1ccc2nc(C3(N)NCC4(CN5CCC4CC5)N3)sc2c1. The van der Waals surface area contributed by atoms with E-state index in [1.165, 1.54) is 25.9 Å². The first kappa shape index (κ1) is 15.0. The molecular formula is C17H23N5OS. The van der Waals surface area contributed by atoms with Crippen LogP contribution in [0.1, 0.15) is 17.8 Å². The Bertz CT molecular complexity index is 786.